The van der Waals surface area contributed by atoms with E-state index in [-0.39, 0.29) is 6.42 Å². The molecular formula is C13H15F3O. The van der Waals surface area contributed by atoms with Crippen LogP contribution < -0.4 is 0 Å². The molecule has 0 heterocycles. The first-order valence-electron chi connectivity index (χ1n) is 5.32. The number of hydrogen-bond acceptors (Lipinski definition) is 1. The molecule has 0 radical (unpaired) electrons. The number of benzene rings is 1. The summed E-state index contributed by atoms with van der Waals surface area (Å²) in [7, 11) is 0. The van der Waals surface area contributed by atoms with Gasteiger partial charge in [0, 0.05) is 5.41 Å². The van der Waals surface area contributed by atoms with Crippen LogP contribution in [0, 0.1) is 0 Å². The van der Waals surface area contributed by atoms with Crippen LogP contribution in [0.4, 0.5) is 13.2 Å². The summed E-state index contributed by atoms with van der Waals surface area (Å²) in [6.45, 7) is 5.06. The lowest BCUT2D eigenvalue weighted by Crippen LogP contribution is -2.47. The molecule has 1 aromatic carbocycles. The van der Waals surface area contributed by atoms with Gasteiger partial charge in [-0.25, -0.2) is 0 Å². The first-order valence-corrected chi connectivity index (χ1v) is 5.32. The Bertz CT molecular complexity index is 372. The minimum absolute atomic E-state index is 0.126. The van der Waals surface area contributed by atoms with Gasteiger partial charge in [0.1, 0.15) is 0 Å². The minimum atomic E-state index is -4.67. The smallest absolute Gasteiger partial charge is 0.382 e. The van der Waals surface area contributed by atoms with Crippen LogP contribution in [0.15, 0.2) is 43.0 Å². The second-order valence-electron chi connectivity index (χ2n) is 3.91. The zero-order valence-corrected chi connectivity index (χ0v) is 9.54. The molecule has 0 amide bonds. The Hall–Kier alpha value is -1.29. The summed E-state index contributed by atoms with van der Waals surface area (Å²) in [6.07, 6.45) is -5.80. The van der Waals surface area contributed by atoms with Gasteiger partial charge < -0.3 is 5.11 Å². The molecular weight excluding hydrogens is 229 g/mol. The number of aliphatic hydroxyl groups is 1. The molecule has 94 valence electrons. The molecule has 0 saturated carbocycles. The van der Waals surface area contributed by atoms with Gasteiger partial charge in [0.15, 0.2) is 6.10 Å². The highest BCUT2D eigenvalue weighted by Gasteiger charge is 2.51. The second-order valence-corrected chi connectivity index (χ2v) is 3.91. The maximum Gasteiger partial charge on any atom is 0.415 e. The molecule has 4 heteroatoms. The van der Waals surface area contributed by atoms with Crippen LogP contribution in [0.5, 0.6) is 0 Å². The standard InChI is InChI=1S/C13H15F3O/c1-3-12(4-2,11(17)13(14,15)16)10-8-6-5-7-9-10/h3,5-9,11,17H,1,4H2,2H3/t11-,12-/m0/s1. The minimum Gasteiger partial charge on any atom is -0.382 e. The van der Waals surface area contributed by atoms with Crippen molar-refractivity contribution >= 4 is 0 Å². The summed E-state index contributed by atoms with van der Waals surface area (Å²) in [5.41, 5.74) is -1.07. The molecule has 0 fully saturated rings. The number of alkyl halides is 3. The topological polar surface area (TPSA) is 20.2 Å². The molecule has 2 atom stereocenters. The Morgan fingerprint density at radius 1 is 1.29 bits per heavy atom. The van der Waals surface area contributed by atoms with Gasteiger partial charge in [-0.15, -0.1) is 6.58 Å². The molecule has 0 saturated heterocycles. The highest BCUT2D eigenvalue weighted by Crippen LogP contribution is 2.40. The lowest BCUT2D eigenvalue weighted by Gasteiger charge is -2.36. The lowest BCUT2D eigenvalue weighted by molar-refractivity contribution is -0.220. The van der Waals surface area contributed by atoms with Crippen LogP contribution in [-0.2, 0) is 5.41 Å². The number of aliphatic hydroxyl groups excluding tert-OH is 1. The van der Waals surface area contributed by atoms with Crippen LogP contribution in [0.1, 0.15) is 18.9 Å². The number of hydrogen-bond donors (Lipinski definition) is 1. The molecule has 1 N–H and O–H groups in total. The average molecular weight is 244 g/mol. The molecule has 0 aromatic heterocycles. The summed E-state index contributed by atoms with van der Waals surface area (Å²) < 4.78 is 38.1. The molecule has 1 nitrogen and oxygen atoms in total. The third kappa shape index (κ3) is 2.52. The van der Waals surface area contributed by atoms with Crippen LogP contribution in [0.3, 0.4) is 0 Å². The van der Waals surface area contributed by atoms with Crippen molar-refractivity contribution in [1.29, 1.82) is 0 Å². The van der Waals surface area contributed by atoms with E-state index >= 15 is 0 Å². The highest BCUT2D eigenvalue weighted by molar-refractivity contribution is 5.32. The van der Waals surface area contributed by atoms with Gasteiger partial charge in [-0.3, -0.25) is 0 Å². The molecule has 0 unspecified atom stereocenters. The fourth-order valence-electron chi connectivity index (χ4n) is 1.97. The number of halogens is 3. The van der Waals surface area contributed by atoms with Crippen molar-refractivity contribution in [3.05, 3.63) is 48.6 Å². The van der Waals surface area contributed by atoms with Gasteiger partial charge in [-0.05, 0) is 12.0 Å². The van der Waals surface area contributed by atoms with E-state index in [0.29, 0.717) is 5.56 Å². The fraction of sp³-hybridized carbons (Fsp3) is 0.385. The van der Waals surface area contributed by atoms with Crippen LogP contribution in [0.2, 0.25) is 0 Å². The van der Waals surface area contributed by atoms with E-state index in [1.54, 1.807) is 37.3 Å². The van der Waals surface area contributed by atoms with E-state index in [0.717, 1.165) is 0 Å². The van der Waals surface area contributed by atoms with E-state index in [1.165, 1.54) is 6.08 Å². The predicted molar refractivity (Wildman–Crippen MR) is 60.7 cm³/mol. The van der Waals surface area contributed by atoms with E-state index in [1.807, 2.05) is 0 Å². The maximum atomic E-state index is 12.7. The molecule has 1 aromatic rings. The monoisotopic (exact) mass is 244 g/mol. The maximum absolute atomic E-state index is 12.7. The quantitative estimate of drug-likeness (QED) is 0.804. The summed E-state index contributed by atoms with van der Waals surface area (Å²) in [5.74, 6) is 0. The Balaban J connectivity index is 3.28. The van der Waals surface area contributed by atoms with Crippen molar-refractivity contribution in [2.75, 3.05) is 0 Å². The van der Waals surface area contributed by atoms with Crippen molar-refractivity contribution in [3.63, 3.8) is 0 Å². The third-order valence-corrected chi connectivity index (χ3v) is 3.06. The Kier molecular flexibility index (Phi) is 3.98. The predicted octanol–water partition coefficient (Wildman–Crippen LogP) is 3.44. The molecule has 17 heavy (non-hydrogen) atoms. The van der Waals surface area contributed by atoms with E-state index in [9.17, 15) is 18.3 Å². The number of rotatable bonds is 4. The fourth-order valence-corrected chi connectivity index (χ4v) is 1.97. The van der Waals surface area contributed by atoms with Gasteiger partial charge in [0.25, 0.3) is 0 Å². The third-order valence-electron chi connectivity index (χ3n) is 3.06. The SMILES string of the molecule is C=C[C@](CC)(c1ccccc1)[C@H](O)C(F)(F)F. The van der Waals surface area contributed by atoms with E-state index in [4.69, 9.17) is 0 Å². The molecule has 0 bridgehead atoms. The van der Waals surface area contributed by atoms with Gasteiger partial charge in [-0.2, -0.15) is 13.2 Å². The molecule has 0 aliphatic carbocycles. The van der Waals surface area contributed by atoms with Crippen LogP contribution in [0.25, 0.3) is 0 Å². The molecule has 0 spiro atoms. The van der Waals surface area contributed by atoms with Gasteiger partial charge >= 0.3 is 6.18 Å². The Morgan fingerprint density at radius 3 is 2.18 bits per heavy atom. The summed E-state index contributed by atoms with van der Waals surface area (Å²) >= 11 is 0. The first kappa shape index (κ1) is 13.8. The molecule has 0 aliphatic heterocycles. The van der Waals surface area contributed by atoms with Gasteiger partial charge in [0.2, 0.25) is 0 Å². The lowest BCUT2D eigenvalue weighted by atomic mass is 9.73. The second kappa shape index (κ2) is 4.92. The molecule has 1 rings (SSSR count). The van der Waals surface area contributed by atoms with E-state index in [2.05, 4.69) is 6.58 Å². The largest absolute Gasteiger partial charge is 0.415 e. The summed E-state index contributed by atoms with van der Waals surface area (Å²) in [6, 6.07) is 8.14. The Morgan fingerprint density at radius 2 is 1.82 bits per heavy atom. The van der Waals surface area contributed by atoms with Crippen molar-refractivity contribution in [1.82, 2.24) is 0 Å². The summed E-state index contributed by atoms with van der Waals surface area (Å²) in [5, 5.41) is 9.55. The normalized spacial score (nSPS) is 17.2. The van der Waals surface area contributed by atoms with Crippen molar-refractivity contribution < 1.29 is 18.3 Å². The van der Waals surface area contributed by atoms with Crippen LogP contribution >= 0.6 is 0 Å². The average Bonchev–Trinajstić information content (AvgIpc) is 2.31. The van der Waals surface area contributed by atoms with Crippen molar-refractivity contribution in [2.24, 2.45) is 0 Å². The van der Waals surface area contributed by atoms with E-state index < -0.39 is 17.7 Å². The molecule has 0 aliphatic rings. The Labute approximate surface area is 98.6 Å². The van der Waals surface area contributed by atoms with Crippen LogP contribution in [-0.4, -0.2) is 17.4 Å². The first-order chi connectivity index (χ1) is 7.88. The van der Waals surface area contributed by atoms with Gasteiger partial charge in [0.05, 0.1) is 0 Å². The highest BCUT2D eigenvalue weighted by atomic mass is 19.4. The van der Waals surface area contributed by atoms with Gasteiger partial charge in [-0.1, -0.05) is 43.3 Å². The zero-order chi connectivity index (χ0) is 13.1. The summed E-state index contributed by atoms with van der Waals surface area (Å²) in [4.78, 5) is 0. The van der Waals surface area contributed by atoms with Crippen molar-refractivity contribution in [2.45, 2.75) is 31.0 Å². The zero-order valence-electron chi connectivity index (χ0n) is 9.54. The van der Waals surface area contributed by atoms with Crippen molar-refractivity contribution in [3.8, 4) is 0 Å².